The van der Waals surface area contributed by atoms with Crippen molar-refractivity contribution >= 4 is 0 Å². The lowest BCUT2D eigenvalue weighted by Crippen LogP contribution is -2.40. The molecule has 0 aliphatic rings. The predicted octanol–water partition coefficient (Wildman–Crippen LogP) is 2.17. The zero-order chi connectivity index (χ0) is 12.9. The monoisotopic (exact) mass is 237 g/mol. The number of hydrogen-bond donors (Lipinski definition) is 2. The van der Waals surface area contributed by atoms with E-state index in [1.165, 1.54) is 11.1 Å². The van der Waals surface area contributed by atoms with E-state index in [9.17, 15) is 0 Å². The summed E-state index contributed by atoms with van der Waals surface area (Å²) in [6, 6.07) is 6.09. The van der Waals surface area contributed by atoms with Gasteiger partial charge in [-0.15, -0.1) is 0 Å². The molecule has 96 valence electrons. The third-order valence-electron chi connectivity index (χ3n) is 3.00. The van der Waals surface area contributed by atoms with Crippen LogP contribution in [0.1, 0.15) is 30.9 Å². The highest BCUT2D eigenvalue weighted by atomic mass is 16.5. The summed E-state index contributed by atoms with van der Waals surface area (Å²) >= 11 is 0. The van der Waals surface area contributed by atoms with Gasteiger partial charge < -0.3 is 15.6 Å². The fourth-order valence-corrected chi connectivity index (χ4v) is 1.55. The van der Waals surface area contributed by atoms with Gasteiger partial charge >= 0.3 is 0 Å². The third-order valence-corrected chi connectivity index (χ3v) is 3.00. The second kappa shape index (κ2) is 6.03. The van der Waals surface area contributed by atoms with E-state index >= 15 is 0 Å². The number of nitrogens with two attached hydrogens (primary N) is 1. The average molecular weight is 237 g/mol. The molecule has 0 aromatic heterocycles. The summed E-state index contributed by atoms with van der Waals surface area (Å²) in [5, 5.41) is 9.01. The van der Waals surface area contributed by atoms with Crippen LogP contribution in [0.3, 0.4) is 0 Å². The number of ether oxygens (including phenoxy) is 1. The van der Waals surface area contributed by atoms with Gasteiger partial charge in [-0.3, -0.25) is 0 Å². The van der Waals surface area contributed by atoms with E-state index in [2.05, 4.69) is 19.9 Å². The maximum absolute atomic E-state index is 9.01. The van der Waals surface area contributed by atoms with Crippen molar-refractivity contribution in [1.82, 2.24) is 0 Å². The summed E-state index contributed by atoms with van der Waals surface area (Å²) in [7, 11) is 0. The van der Waals surface area contributed by atoms with E-state index in [-0.39, 0.29) is 6.61 Å². The van der Waals surface area contributed by atoms with E-state index in [1.54, 1.807) is 0 Å². The topological polar surface area (TPSA) is 55.5 Å². The average Bonchev–Trinajstić information content (AvgIpc) is 2.29. The molecule has 0 bridgehead atoms. The lowest BCUT2D eigenvalue weighted by atomic mass is 9.99. The molecule has 0 aliphatic carbocycles. The van der Waals surface area contributed by atoms with Crippen molar-refractivity contribution in [3.63, 3.8) is 0 Å². The van der Waals surface area contributed by atoms with Crippen LogP contribution in [0, 0.1) is 13.8 Å². The minimum Gasteiger partial charge on any atom is -0.494 e. The largest absolute Gasteiger partial charge is 0.494 e. The summed E-state index contributed by atoms with van der Waals surface area (Å²) < 4.78 is 5.64. The van der Waals surface area contributed by atoms with Gasteiger partial charge in [0.2, 0.25) is 0 Å². The number of benzene rings is 1. The molecule has 1 aromatic rings. The summed E-state index contributed by atoms with van der Waals surface area (Å²) in [6.45, 7) is 6.65. The fraction of sp³-hybridized carbons (Fsp3) is 0.571. The van der Waals surface area contributed by atoms with Crippen LogP contribution in [-0.2, 0) is 0 Å². The Labute approximate surface area is 104 Å². The van der Waals surface area contributed by atoms with E-state index in [4.69, 9.17) is 15.6 Å². The lowest BCUT2D eigenvalue weighted by Gasteiger charge is -2.21. The Kier molecular flexibility index (Phi) is 4.97. The maximum Gasteiger partial charge on any atom is 0.119 e. The summed E-state index contributed by atoms with van der Waals surface area (Å²) in [5.74, 6) is 0.899. The fourth-order valence-electron chi connectivity index (χ4n) is 1.55. The molecule has 3 nitrogen and oxygen atoms in total. The molecule has 0 saturated heterocycles. The molecule has 0 heterocycles. The Morgan fingerprint density at radius 3 is 2.59 bits per heavy atom. The number of hydrogen-bond acceptors (Lipinski definition) is 3. The number of rotatable bonds is 6. The summed E-state index contributed by atoms with van der Waals surface area (Å²) in [6.07, 6.45) is 1.61. The van der Waals surface area contributed by atoms with Crippen LogP contribution in [0.15, 0.2) is 18.2 Å². The Hall–Kier alpha value is -1.06. The maximum atomic E-state index is 9.01. The van der Waals surface area contributed by atoms with Gasteiger partial charge in [0.25, 0.3) is 0 Å². The first-order valence-electron chi connectivity index (χ1n) is 6.04. The van der Waals surface area contributed by atoms with E-state index in [1.807, 2.05) is 19.1 Å². The molecule has 3 N–H and O–H groups in total. The Morgan fingerprint density at radius 2 is 2.00 bits per heavy atom. The van der Waals surface area contributed by atoms with Gasteiger partial charge in [-0.2, -0.15) is 0 Å². The highest BCUT2D eigenvalue weighted by molar-refractivity contribution is 5.33. The third kappa shape index (κ3) is 4.75. The molecule has 1 aromatic carbocycles. The molecular weight excluding hydrogens is 214 g/mol. The van der Waals surface area contributed by atoms with Crippen LogP contribution in [0.5, 0.6) is 5.75 Å². The van der Waals surface area contributed by atoms with Crippen LogP contribution >= 0.6 is 0 Å². The molecule has 0 saturated carbocycles. The SMILES string of the molecule is Cc1ccc(OCCCC(C)(N)CO)cc1C. The zero-order valence-corrected chi connectivity index (χ0v) is 11.0. The first-order chi connectivity index (χ1) is 7.94. The van der Waals surface area contributed by atoms with Crippen molar-refractivity contribution in [3.05, 3.63) is 29.3 Å². The highest BCUT2D eigenvalue weighted by Gasteiger charge is 2.15. The van der Waals surface area contributed by atoms with Crippen LogP contribution in [-0.4, -0.2) is 23.9 Å². The lowest BCUT2D eigenvalue weighted by molar-refractivity contribution is 0.188. The normalized spacial score (nSPS) is 14.4. The second-order valence-electron chi connectivity index (χ2n) is 5.01. The molecular formula is C14H23NO2. The molecule has 1 atom stereocenters. The van der Waals surface area contributed by atoms with Crippen molar-refractivity contribution < 1.29 is 9.84 Å². The Bertz CT molecular complexity index is 361. The standard InChI is InChI=1S/C14H23NO2/c1-11-5-6-13(9-12(11)2)17-8-4-7-14(3,15)10-16/h5-6,9,16H,4,7-8,10,15H2,1-3H3. The number of aliphatic hydroxyl groups is 1. The summed E-state index contributed by atoms with van der Waals surface area (Å²) in [5.41, 5.74) is 7.85. The van der Waals surface area contributed by atoms with Gasteiger partial charge in [0.05, 0.1) is 13.2 Å². The Morgan fingerprint density at radius 1 is 1.29 bits per heavy atom. The number of aliphatic hydroxyl groups excluding tert-OH is 1. The summed E-state index contributed by atoms with van der Waals surface area (Å²) in [4.78, 5) is 0. The van der Waals surface area contributed by atoms with Gasteiger partial charge in [-0.25, -0.2) is 0 Å². The van der Waals surface area contributed by atoms with E-state index < -0.39 is 5.54 Å². The van der Waals surface area contributed by atoms with E-state index in [0.717, 1.165) is 18.6 Å². The molecule has 0 aliphatic heterocycles. The van der Waals surface area contributed by atoms with Crippen LogP contribution in [0.25, 0.3) is 0 Å². The minimum atomic E-state index is -0.493. The van der Waals surface area contributed by atoms with Crippen molar-refractivity contribution in [3.8, 4) is 5.75 Å². The van der Waals surface area contributed by atoms with Gasteiger partial charge in [-0.05, 0) is 56.9 Å². The van der Waals surface area contributed by atoms with Crippen LogP contribution in [0.4, 0.5) is 0 Å². The predicted molar refractivity (Wildman–Crippen MR) is 70.3 cm³/mol. The molecule has 17 heavy (non-hydrogen) atoms. The van der Waals surface area contributed by atoms with Crippen LogP contribution < -0.4 is 10.5 Å². The zero-order valence-electron chi connectivity index (χ0n) is 11.0. The second-order valence-corrected chi connectivity index (χ2v) is 5.01. The molecule has 0 radical (unpaired) electrons. The van der Waals surface area contributed by atoms with Crippen molar-refractivity contribution in [1.29, 1.82) is 0 Å². The smallest absolute Gasteiger partial charge is 0.119 e. The van der Waals surface area contributed by atoms with Crippen molar-refractivity contribution in [2.45, 2.75) is 39.2 Å². The molecule has 0 fully saturated rings. The minimum absolute atomic E-state index is 0.0106. The number of aryl methyl sites for hydroxylation is 2. The van der Waals surface area contributed by atoms with E-state index in [0.29, 0.717) is 6.61 Å². The van der Waals surface area contributed by atoms with Gasteiger partial charge in [-0.1, -0.05) is 6.07 Å². The molecule has 1 unspecified atom stereocenters. The quantitative estimate of drug-likeness (QED) is 0.746. The molecule has 0 spiro atoms. The molecule has 1 rings (SSSR count). The molecule has 3 heteroatoms. The van der Waals surface area contributed by atoms with Gasteiger partial charge in [0.15, 0.2) is 0 Å². The first kappa shape index (κ1) is 14.0. The Balaban J connectivity index is 2.34. The van der Waals surface area contributed by atoms with Crippen molar-refractivity contribution in [2.24, 2.45) is 5.73 Å². The molecule has 0 amide bonds. The van der Waals surface area contributed by atoms with Crippen LogP contribution in [0.2, 0.25) is 0 Å². The first-order valence-corrected chi connectivity index (χ1v) is 6.04. The van der Waals surface area contributed by atoms with Gasteiger partial charge in [0.1, 0.15) is 5.75 Å². The van der Waals surface area contributed by atoms with Gasteiger partial charge in [0, 0.05) is 5.54 Å². The van der Waals surface area contributed by atoms with Crippen molar-refractivity contribution in [2.75, 3.05) is 13.2 Å². The highest BCUT2D eigenvalue weighted by Crippen LogP contribution is 2.17.